The van der Waals surface area contributed by atoms with Crippen molar-refractivity contribution in [2.45, 2.75) is 0 Å². The zero-order valence-electron chi connectivity index (χ0n) is 20.6. The summed E-state index contributed by atoms with van der Waals surface area (Å²) in [4.78, 5) is 34.2. The number of amides is 2. The summed E-state index contributed by atoms with van der Waals surface area (Å²) in [6, 6.07) is 32.3. The van der Waals surface area contributed by atoms with Crippen molar-refractivity contribution in [3.63, 3.8) is 0 Å². The van der Waals surface area contributed by atoms with Crippen molar-refractivity contribution >= 4 is 23.2 Å². The molecule has 0 aliphatic rings. The van der Waals surface area contributed by atoms with Gasteiger partial charge in [0.2, 0.25) is 0 Å². The van der Waals surface area contributed by atoms with E-state index < -0.39 is 11.8 Å². The maximum atomic E-state index is 12.8. The summed E-state index contributed by atoms with van der Waals surface area (Å²) in [5.74, 6) is -1.43. The Hall–Kier alpha value is -5.70. The number of hydrazone groups is 2. The van der Waals surface area contributed by atoms with Crippen molar-refractivity contribution in [1.82, 2.24) is 20.8 Å². The summed E-state index contributed by atoms with van der Waals surface area (Å²) >= 11 is 0. The summed E-state index contributed by atoms with van der Waals surface area (Å²) in [6.07, 6.45) is 3.29. The van der Waals surface area contributed by atoms with E-state index in [1.807, 2.05) is 72.8 Å². The lowest BCUT2D eigenvalue weighted by molar-refractivity contribution is 0.0902. The molecule has 0 bridgehead atoms. The van der Waals surface area contributed by atoms with Gasteiger partial charge in [0.25, 0.3) is 0 Å². The molecule has 9 heteroatoms. The summed E-state index contributed by atoms with van der Waals surface area (Å²) in [6.45, 7) is 0. The van der Waals surface area contributed by atoms with Crippen LogP contribution >= 0.6 is 0 Å². The Morgan fingerprint density at radius 1 is 0.538 bits per heavy atom. The van der Waals surface area contributed by atoms with E-state index in [1.54, 1.807) is 36.7 Å². The highest BCUT2D eigenvalue weighted by Crippen LogP contribution is 2.12. The van der Waals surface area contributed by atoms with E-state index in [0.29, 0.717) is 22.8 Å². The van der Waals surface area contributed by atoms with Crippen LogP contribution in [0.2, 0.25) is 0 Å². The molecule has 0 aliphatic heterocycles. The van der Waals surface area contributed by atoms with E-state index in [2.05, 4.69) is 31.0 Å². The first-order valence-corrected chi connectivity index (χ1v) is 12.0. The molecule has 39 heavy (non-hydrogen) atoms. The fourth-order valence-corrected chi connectivity index (χ4v) is 3.64. The number of pyridine rings is 2. The average molecular weight is 515 g/mol. The lowest BCUT2D eigenvalue weighted by atomic mass is 10.1. The molecule has 0 atom stereocenters. The van der Waals surface area contributed by atoms with Crippen LogP contribution in [0.3, 0.4) is 0 Å². The Labute approximate surface area is 224 Å². The number of nitrogens with zero attached hydrogens (tertiary/aromatic N) is 4. The molecule has 0 radical (unpaired) electrons. The van der Waals surface area contributed by atoms with Crippen molar-refractivity contribution in [1.29, 1.82) is 0 Å². The van der Waals surface area contributed by atoms with Crippen LogP contribution in [0.1, 0.15) is 43.6 Å². The van der Waals surface area contributed by atoms with Crippen LogP contribution in [0.5, 0.6) is 0 Å². The molecule has 0 spiro atoms. The van der Waals surface area contributed by atoms with Crippen molar-refractivity contribution < 1.29 is 14.0 Å². The molecule has 3 aromatic heterocycles. The molecule has 0 unspecified atom stereocenters. The number of aromatic nitrogens is 2. The average Bonchev–Trinajstić information content (AvgIpc) is 3.50. The minimum Gasteiger partial charge on any atom is -0.446 e. The third-order valence-electron chi connectivity index (χ3n) is 5.50. The molecule has 2 aromatic carbocycles. The Morgan fingerprint density at radius 2 is 0.949 bits per heavy atom. The first kappa shape index (κ1) is 25.0. The molecule has 9 nitrogen and oxygen atoms in total. The van der Waals surface area contributed by atoms with E-state index >= 15 is 0 Å². The fraction of sp³-hybridized carbons (Fsp3) is 0. The zero-order chi connectivity index (χ0) is 26.9. The van der Waals surface area contributed by atoms with Crippen LogP contribution < -0.4 is 10.9 Å². The predicted octanol–water partition coefficient (Wildman–Crippen LogP) is 4.43. The molecule has 0 saturated carbocycles. The zero-order valence-corrected chi connectivity index (χ0v) is 20.6. The lowest BCUT2D eigenvalue weighted by Crippen LogP contribution is -2.21. The van der Waals surface area contributed by atoms with Crippen LogP contribution in [0, 0.1) is 0 Å². The highest BCUT2D eigenvalue weighted by molar-refractivity contribution is 6.13. The minimum atomic E-state index is -0.625. The monoisotopic (exact) mass is 514 g/mol. The highest BCUT2D eigenvalue weighted by atomic mass is 16.4. The maximum Gasteiger partial charge on any atom is 0.307 e. The van der Waals surface area contributed by atoms with Gasteiger partial charge >= 0.3 is 11.8 Å². The first-order chi connectivity index (χ1) is 19.2. The van der Waals surface area contributed by atoms with E-state index in [1.165, 1.54) is 12.1 Å². The van der Waals surface area contributed by atoms with Crippen LogP contribution in [0.4, 0.5) is 0 Å². The van der Waals surface area contributed by atoms with Crippen molar-refractivity contribution in [2.75, 3.05) is 0 Å². The van der Waals surface area contributed by atoms with Gasteiger partial charge in [-0.15, -0.1) is 0 Å². The topological polar surface area (TPSA) is 122 Å². The van der Waals surface area contributed by atoms with Gasteiger partial charge in [-0.1, -0.05) is 72.8 Å². The Morgan fingerprint density at radius 3 is 1.33 bits per heavy atom. The van der Waals surface area contributed by atoms with E-state index in [-0.39, 0.29) is 11.5 Å². The molecule has 5 aromatic rings. The minimum absolute atomic E-state index is 0.0886. The SMILES string of the molecule is O=C(NN=C(c1ccccc1)c1ccccn1)c1ccc(C(=O)NN=C(c2ccccc2)c2ccccn2)o1. The number of hydrogen-bond acceptors (Lipinski definition) is 7. The number of carbonyl (C=O) groups is 2. The van der Waals surface area contributed by atoms with E-state index in [4.69, 9.17) is 4.42 Å². The van der Waals surface area contributed by atoms with Gasteiger partial charge in [-0.3, -0.25) is 19.6 Å². The van der Waals surface area contributed by atoms with Crippen LogP contribution in [0.25, 0.3) is 0 Å². The number of hydrogen-bond donors (Lipinski definition) is 2. The molecule has 0 fully saturated rings. The smallest absolute Gasteiger partial charge is 0.307 e. The molecule has 0 saturated heterocycles. The quantitative estimate of drug-likeness (QED) is 0.234. The van der Waals surface area contributed by atoms with Crippen LogP contribution in [-0.2, 0) is 0 Å². The number of carbonyl (C=O) groups excluding carboxylic acids is 2. The summed E-state index contributed by atoms with van der Waals surface area (Å²) in [5, 5.41) is 8.57. The lowest BCUT2D eigenvalue weighted by Gasteiger charge is -2.07. The number of benzene rings is 2. The number of furan rings is 1. The third kappa shape index (κ3) is 6.17. The number of rotatable bonds is 8. The van der Waals surface area contributed by atoms with Gasteiger partial charge in [-0.25, -0.2) is 10.9 Å². The normalized spacial score (nSPS) is 11.6. The standard InChI is InChI=1S/C30H22N6O3/c37-29(35-33-27(21-11-3-1-4-12-21)23-15-7-9-19-31-23)25-17-18-26(39-25)30(38)36-34-28(22-13-5-2-6-14-22)24-16-8-10-20-32-24/h1-20H,(H,35,37)(H,36,38). The maximum absolute atomic E-state index is 12.8. The van der Waals surface area contributed by atoms with Gasteiger partial charge in [0, 0.05) is 23.5 Å². The van der Waals surface area contributed by atoms with Crippen molar-refractivity contribution in [3.05, 3.63) is 156 Å². The second-order valence-corrected chi connectivity index (χ2v) is 8.13. The van der Waals surface area contributed by atoms with Gasteiger partial charge in [0.05, 0.1) is 11.4 Å². The molecule has 3 heterocycles. The molecular formula is C30H22N6O3. The van der Waals surface area contributed by atoms with E-state index in [0.717, 1.165) is 11.1 Å². The van der Waals surface area contributed by atoms with Gasteiger partial charge in [0.15, 0.2) is 11.5 Å². The van der Waals surface area contributed by atoms with Crippen molar-refractivity contribution in [2.24, 2.45) is 10.2 Å². The molecular weight excluding hydrogens is 492 g/mol. The first-order valence-electron chi connectivity index (χ1n) is 12.0. The molecule has 0 aliphatic carbocycles. The van der Waals surface area contributed by atoms with Gasteiger partial charge in [-0.05, 0) is 36.4 Å². The highest BCUT2D eigenvalue weighted by Gasteiger charge is 2.17. The Bertz CT molecular complexity index is 1410. The Kier molecular flexibility index (Phi) is 7.70. The van der Waals surface area contributed by atoms with Gasteiger partial charge in [0.1, 0.15) is 11.4 Å². The molecule has 5 rings (SSSR count). The number of nitrogens with one attached hydrogen (secondary N) is 2. The van der Waals surface area contributed by atoms with Crippen LogP contribution in [0.15, 0.2) is 136 Å². The van der Waals surface area contributed by atoms with E-state index in [9.17, 15) is 9.59 Å². The molecule has 2 amide bonds. The molecule has 190 valence electrons. The van der Waals surface area contributed by atoms with Gasteiger partial charge in [-0.2, -0.15) is 10.2 Å². The largest absolute Gasteiger partial charge is 0.446 e. The molecule has 2 N–H and O–H groups in total. The van der Waals surface area contributed by atoms with Crippen molar-refractivity contribution in [3.8, 4) is 0 Å². The fourth-order valence-electron chi connectivity index (χ4n) is 3.64. The third-order valence-corrected chi connectivity index (χ3v) is 5.50. The summed E-state index contributed by atoms with van der Waals surface area (Å²) < 4.78 is 5.50. The predicted molar refractivity (Wildman–Crippen MR) is 146 cm³/mol. The second kappa shape index (κ2) is 12.0. The summed E-state index contributed by atoms with van der Waals surface area (Å²) in [7, 11) is 0. The summed E-state index contributed by atoms with van der Waals surface area (Å²) in [5.41, 5.74) is 8.66. The van der Waals surface area contributed by atoms with Gasteiger partial charge < -0.3 is 4.42 Å². The second-order valence-electron chi connectivity index (χ2n) is 8.13. The Balaban J connectivity index is 1.32. The van der Waals surface area contributed by atoms with Crippen LogP contribution in [-0.4, -0.2) is 33.2 Å².